The summed E-state index contributed by atoms with van der Waals surface area (Å²) < 4.78 is 6.90. The molecule has 1 aromatic heterocycles. The fraction of sp³-hybridized carbons (Fsp3) is 0.235. The molecule has 0 fully saturated rings. The van der Waals surface area contributed by atoms with Crippen molar-refractivity contribution in [3.05, 3.63) is 62.1 Å². The Hall–Kier alpha value is -1.59. The van der Waals surface area contributed by atoms with Crippen molar-refractivity contribution in [2.75, 3.05) is 7.05 Å². The SMILES string of the molecule is CCc1c(Br)cccc1C1=C(NC)OC(c2cccs2)C1=O. The Bertz CT molecular complexity index is 737. The molecule has 0 saturated carbocycles. The Balaban J connectivity index is 2.09. The maximum atomic E-state index is 12.9. The van der Waals surface area contributed by atoms with E-state index in [1.165, 1.54) is 11.3 Å². The number of carbonyl (C=O) groups is 1. The third kappa shape index (κ3) is 2.48. The number of hydrogen-bond acceptors (Lipinski definition) is 4. The smallest absolute Gasteiger partial charge is 0.214 e. The van der Waals surface area contributed by atoms with Gasteiger partial charge in [-0.1, -0.05) is 41.1 Å². The standard InChI is InChI=1S/C17H16BrNO2S/c1-3-10-11(6-4-7-12(10)18)14-15(20)16(21-17(14)19-2)13-8-5-9-22-13/h4-9,16,19H,3H2,1-2H3. The number of halogens is 1. The van der Waals surface area contributed by atoms with Crippen molar-refractivity contribution in [1.29, 1.82) is 0 Å². The minimum Gasteiger partial charge on any atom is -0.461 e. The molecule has 2 aromatic rings. The summed E-state index contributed by atoms with van der Waals surface area (Å²) in [7, 11) is 1.78. The molecular formula is C17H16BrNO2S. The number of ether oxygens (including phenoxy) is 1. The lowest BCUT2D eigenvalue weighted by molar-refractivity contribution is -0.120. The number of hydrogen-bond donors (Lipinski definition) is 1. The Labute approximate surface area is 142 Å². The summed E-state index contributed by atoms with van der Waals surface area (Å²) in [5, 5.41) is 4.99. The first-order chi connectivity index (χ1) is 10.7. The van der Waals surface area contributed by atoms with E-state index in [1.807, 2.05) is 35.7 Å². The molecule has 1 N–H and O–H groups in total. The number of carbonyl (C=O) groups excluding carboxylic acids is 1. The number of rotatable bonds is 4. The van der Waals surface area contributed by atoms with Gasteiger partial charge < -0.3 is 10.1 Å². The van der Waals surface area contributed by atoms with Crippen molar-refractivity contribution in [3.63, 3.8) is 0 Å². The zero-order chi connectivity index (χ0) is 15.7. The van der Waals surface area contributed by atoms with Gasteiger partial charge in [-0.15, -0.1) is 11.3 Å². The number of benzene rings is 1. The highest BCUT2D eigenvalue weighted by Crippen LogP contribution is 2.40. The van der Waals surface area contributed by atoms with E-state index < -0.39 is 6.10 Å². The first kappa shape index (κ1) is 15.3. The van der Waals surface area contributed by atoms with Crippen molar-refractivity contribution in [2.24, 2.45) is 0 Å². The monoisotopic (exact) mass is 377 g/mol. The average Bonchev–Trinajstić information content (AvgIpc) is 3.14. The highest BCUT2D eigenvalue weighted by atomic mass is 79.9. The molecular weight excluding hydrogens is 362 g/mol. The zero-order valence-electron chi connectivity index (χ0n) is 12.4. The molecule has 114 valence electrons. The number of Topliss-reactive ketones (excluding diaryl/α,β-unsaturated/α-hetero) is 1. The van der Waals surface area contributed by atoms with Gasteiger partial charge in [0.25, 0.3) is 0 Å². The third-order valence-electron chi connectivity index (χ3n) is 3.72. The van der Waals surface area contributed by atoms with Crippen LogP contribution in [-0.4, -0.2) is 12.8 Å². The fourth-order valence-corrected chi connectivity index (χ4v) is 4.09. The maximum Gasteiger partial charge on any atom is 0.214 e. The van der Waals surface area contributed by atoms with Gasteiger partial charge in [-0.25, -0.2) is 0 Å². The normalized spacial score (nSPS) is 17.8. The maximum absolute atomic E-state index is 12.9. The molecule has 0 amide bonds. The predicted octanol–water partition coefficient (Wildman–Crippen LogP) is 4.30. The Kier molecular flexibility index (Phi) is 4.36. The van der Waals surface area contributed by atoms with Crippen LogP contribution >= 0.6 is 27.3 Å². The van der Waals surface area contributed by atoms with Crippen LogP contribution in [0.25, 0.3) is 5.57 Å². The molecule has 0 bridgehead atoms. The van der Waals surface area contributed by atoms with Crippen LogP contribution < -0.4 is 5.32 Å². The first-order valence-corrected chi connectivity index (χ1v) is 8.78. The van der Waals surface area contributed by atoms with Crippen molar-refractivity contribution in [1.82, 2.24) is 5.32 Å². The van der Waals surface area contributed by atoms with E-state index in [9.17, 15) is 4.79 Å². The van der Waals surface area contributed by atoms with Crippen molar-refractivity contribution >= 4 is 38.6 Å². The molecule has 1 unspecified atom stereocenters. The molecule has 0 radical (unpaired) electrons. The van der Waals surface area contributed by atoms with E-state index in [0.29, 0.717) is 11.5 Å². The van der Waals surface area contributed by atoms with Crippen LogP contribution in [-0.2, 0) is 16.0 Å². The molecule has 5 heteroatoms. The molecule has 0 aliphatic carbocycles. The van der Waals surface area contributed by atoms with Crippen LogP contribution in [0.1, 0.15) is 29.0 Å². The van der Waals surface area contributed by atoms with Gasteiger partial charge in [0, 0.05) is 11.5 Å². The molecule has 1 aliphatic heterocycles. The summed E-state index contributed by atoms with van der Waals surface area (Å²) >= 11 is 5.11. The second kappa shape index (κ2) is 6.26. The Morgan fingerprint density at radius 2 is 2.14 bits per heavy atom. The molecule has 1 atom stereocenters. The van der Waals surface area contributed by atoms with E-state index in [2.05, 4.69) is 28.2 Å². The summed E-state index contributed by atoms with van der Waals surface area (Å²) in [6.45, 7) is 2.08. The van der Waals surface area contributed by atoms with Gasteiger partial charge in [0.15, 0.2) is 12.0 Å². The minimum atomic E-state index is -0.541. The number of nitrogens with one attached hydrogen (secondary N) is 1. The number of thiophene rings is 1. The van der Waals surface area contributed by atoms with Crippen LogP contribution in [0.2, 0.25) is 0 Å². The van der Waals surface area contributed by atoms with Gasteiger partial charge in [0.2, 0.25) is 5.78 Å². The largest absolute Gasteiger partial charge is 0.461 e. The van der Waals surface area contributed by atoms with Crippen molar-refractivity contribution < 1.29 is 9.53 Å². The van der Waals surface area contributed by atoms with Gasteiger partial charge in [0.1, 0.15) is 0 Å². The lowest BCUT2D eigenvalue weighted by Crippen LogP contribution is -2.09. The summed E-state index contributed by atoms with van der Waals surface area (Å²) in [6, 6.07) is 9.80. The molecule has 1 aliphatic rings. The average molecular weight is 378 g/mol. The van der Waals surface area contributed by atoms with Crippen LogP contribution in [0, 0.1) is 0 Å². The second-order valence-corrected chi connectivity index (χ2v) is 6.78. The Morgan fingerprint density at radius 1 is 1.32 bits per heavy atom. The van der Waals surface area contributed by atoms with E-state index in [1.54, 1.807) is 7.05 Å². The van der Waals surface area contributed by atoms with E-state index in [4.69, 9.17) is 4.74 Å². The van der Waals surface area contributed by atoms with E-state index >= 15 is 0 Å². The van der Waals surface area contributed by atoms with Crippen LogP contribution in [0.5, 0.6) is 0 Å². The predicted molar refractivity (Wildman–Crippen MR) is 92.7 cm³/mol. The van der Waals surface area contributed by atoms with Gasteiger partial charge in [-0.05, 0) is 35.1 Å². The molecule has 0 saturated heterocycles. The van der Waals surface area contributed by atoms with Crippen LogP contribution in [0.4, 0.5) is 0 Å². The molecule has 0 spiro atoms. The van der Waals surface area contributed by atoms with Gasteiger partial charge in [0.05, 0.1) is 10.5 Å². The number of ketones is 1. The van der Waals surface area contributed by atoms with E-state index in [-0.39, 0.29) is 5.78 Å². The summed E-state index contributed by atoms with van der Waals surface area (Å²) in [5.41, 5.74) is 2.69. The van der Waals surface area contributed by atoms with Crippen LogP contribution in [0.3, 0.4) is 0 Å². The lowest BCUT2D eigenvalue weighted by atomic mass is 9.94. The van der Waals surface area contributed by atoms with Crippen molar-refractivity contribution in [3.8, 4) is 0 Å². The highest BCUT2D eigenvalue weighted by Gasteiger charge is 2.38. The molecule has 1 aromatic carbocycles. The molecule has 3 rings (SSSR count). The van der Waals surface area contributed by atoms with Gasteiger partial charge in [-0.2, -0.15) is 0 Å². The second-order valence-electron chi connectivity index (χ2n) is 4.95. The van der Waals surface area contributed by atoms with E-state index in [0.717, 1.165) is 26.9 Å². The quantitative estimate of drug-likeness (QED) is 0.862. The third-order valence-corrected chi connectivity index (χ3v) is 5.38. The summed E-state index contributed by atoms with van der Waals surface area (Å²) in [6.07, 6.45) is 0.301. The van der Waals surface area contributed by atoms with Crippen LogP contribution in [0.15, 0.2) is 46.1 Å². The first-order valence-electron chi connectivity index (χ1n) is 7.11. The zero-order valence-corrected chi connectivity index (χ0v) is 14.8. The fourth-order valence-electron chi connectivity index (χ4n) is 2.69. The molecule has 2 heterocycles. The summed E-state index contributed by atoms with van der Waals surface area (Å²) in [4.78, 5) is 13.9. The summed E-state index contributed by atoms with van der Waals surface area (Å²) in [5.74, 6) is 0.566. The topological polar surface area (TPSA) is 38.3 Å². The molecule has 3 nitrogen and oxygen atoms in total. The lowest BCUT2D eigenvalue weighted by Gasteiger charge is -2.10. The minimum absolute atomic E-state index is 0.0135. The van der Waals surface area contributed by atoms with Gasteiger partial charge >= 0.3 is 0 Å². The highest BCUT2D eigenvalue weighted by molar-refractivity contribution is 9.10. The van der Waals surface area contributed by atoms with Gasteiger partial charge in [-0.3, -0.25) is 4.79 Å². The Morgan fingerprint density at radius 3 is 2.77 bits per heavy atom. The van der Waals surface area contributed by atoms with Crippen molar-refractivity contribution in [2.45, 2.75) is 19.4 Å². The molecule has 22 heavy (non-hydrogen) atoms.